The predicted octanol–water partition coefficient (Wildman–Crippen LogP) is 2.52. The first-order valence-corrected chi connectivity index (χ1v) is 5.51. The molecule has 1 rings (SSSR count). The summed E-state index contributed by atoms with van der Waals surface area (Å²) in [7, 11) is 0. The Labute approximate surface area is 111 Å². The van der Waals surface area contributed by atoms with E-state index in [1.54, 1.807) is 49.4 Å². The number of carbonyl (C=O) groups excluding carboxylic acids is 1. The van der Waals surface area contributed by atoms with Gasteiger partial charge in [0.25, 0.3) is 0 Å². The summed E-state index contributed by atoms with van der Waals surface area (Å²) in [5, 5.41) is 28.9. The number of hydrogen-bond acceptors (Lipinski definition) is 5. The number of ketones is 1. The van der Waals surface area contributed by atoms with E-state index in [2.05, 4.69) is 5.32 Å². The number of allylic oxidation sites excluding steroid dienone is 2. The molecule has 0 saturated carbocycles. The van der Waals surface area contributed by atoms with Crippen molar-refractivity contribution in [3.8, 4) is 18.2 Å². The summed E-state index contributed by atoms with van der Waals surface area (Å²) in [6, 6.07) is 11.5. The average molecular weight is 250 g/mol. The molecule has 1 aromatic carbocycles. The highest BCUT2D eigenvalue weighted by Gasteiger charge is 2.07. The molecule has 0 spiro atoms. The Kier molecular flexibility index (Phi) is 4.84. The predicted molar refractivity (Wildman–Crippen MR) is 68.6 cm³/mol. The zero-order valence-electron chi connectivity index (χ0n) is 10.3. The fraction of sp³-hybridized carbons (Fsp3) is 0.143. The Hall–Kier alpha value is -3.10. The van der Waals surface area contributed by atoms with Crippen molar-refractivity contribution in [2.75, 3.05) is 5.32 Å². The Bertz CT molecular complexity index is 620. The van der Waals surface area contributed by atoms with Gasteiger partial charge in [0.2, 0.25) is 0 Å². The van der Waals surface area contributed by atoms with Crippen molar-refractivity contribution in [3.05, 3.63) is 41.1 Å². The number of rotatable bonds is 4. The van der Waals surface area contributed by atoms with Gasteiger partial charge in [0.1, 0.15) is 23.9 Å². The molecular weight excluding hydrogens is 240 g/mol. The highest BCUT2D eigenvalue weighted by atomic mass is 16.1. The summed E-state index contributed by atoms with van der Waals surface area (Å²) in [5.74, 6) is 0.0253. The molecule has 19 heavy (non-hydrogen) atoms. The van der Waals surface area contributed by atoms with Gasteiger partial charge >= 0.3 is 0 Å². The maximum absolute atomic E-state index is 11.4. The van der Waals surface area contributed by atoms with Gasteiger partial charge in [-0.15, -0.1) is 0 Å². The monoisotopic (exact) mass is 250 g/mol. The molecule has 0 amide bonds. The van der Waals surface area contributed by atoms with E-state index in [0.29, 0.717) is 17.7 Å². The normalized spacial score (nSPS) is 8.53. The molecule has 0 radical (unpaired) electrons. The number of nitrogens with zero attached hydrogens (tertiary/aromatic N) is 3. The molecule has 92 valence electrons. The van der Waals surface area contributed by atoms with Crippen LogP contribution in [0.1, 0.15) is 23.7 Å². The van der Waals surface area contributed by atoms with E-state index in [-0.39, 0.29) is 17.1 Å². The molecule has 0 unspecified atom stereocenters. The summed E-state index contributed by atoms with van der Waals surface area (Å²) < 4.78 is 0. The smallest absolute Gasteiger partial charge is 0.163 e. The van der Waals surface area contributed by atoms with Crippen molar-refractivity contribution < 1.29 is 4.79 Å². The highest BCUT2D eigenvalue weighted by molar-refractivity contribution is 5.96. The quantitative estimate of drug-likeness (QED) is 0.653. The number of nitriles is 3. The van der Waals surface area contributed by atoms with Crippen LogP contribution in [-0.2, 0) is 0 Å². The molecule has 1 N–H and O–H groups in total. The fourth-order valence-electron chi connectivity index (χ4n) is 1.37. The number of anilines is 1. The molecule has 5 heteroatoms. The first kappa shape index (κ1) is 14.0. The highest BCUT2D eigenvalue weighted by Crippen LogP contribution is 2.14. The molecule has 0 atom stereocenters. The molecule has 0 aliphatic carbocycles. The van der Waals surface area contributed by atoms with Crippen molar-refractivity contribution in [1.82, 2.24) is 0 Å². The minimum absolute atomic E-state index is 0.0253. The zero-order valence-corrected chi connectivity index (χ0v) is 10.3. The minimum Gasteiger partial charge on any atom is -0.345 e. The van der Waals surface area contributed by atoms with Crippen LogP contribution in [0.4, 0.5) is 5.69 Å². The standard InChI is InChI=1S/C14H10N4O/c1-2-14(19)10-3-5-12(6-4-10)18-13(9-17)11(7-15)8-16/h3-6,18H,2H2,1H3. The van der Waals surface area contributed by atoms with Crippen molar-refractivity contribution in [1.29, 1.82) is 15.8 Å². The number of benzene rings is 1. The maximum atomic E-state index is 11.4. The van der Waals surface area contributed by atoms with E-state index in [4.69, 9.17) is 15.8 Å². The molecule has 0 aromatic heterocycles. The van der Waals surface area contributed by atoms with E-state index in [1.807, 2.05) is 0 Å². The van der Waals surface area contributed by atoms with Gasteiger partial charge < -0.3 is 5.32 Å². The lowest BCUT2D eigenvalue weighted by atomic mass is 10.1. The molecule has 1 aromatic rings. The molecular formula is C14H10N4O. The Morgan fingerprint density at radius 1 is 1.11 bits per heavy atom. The molecule has 5 nitrogen and oxygen atoms in total. The van der Waals surface area contributed by atoms with Crippen molar-refractivity contribution in [3.63, 3.8) is 0 Å². The summed E-state index contributed by atoms with van der Waals surface area (Å²) in [6.45, 7) is 1.77. The lowest BCUT2D eigenvalue weighted by Gasteiger charge is -2.05. The lowest BCUT2D eigenvalue weighted by Crippen LogP contribution is -2.01. The number of Topliss-reactive ketones (excluding diaryl/α,β-unsaturated/α-hetero) is 1. The number of carbonyl (C=O) groups is 1. The van der Waals surface area contributed by atoms with Gasteiger partial charge in [-0.25, -0.2) is 0 Å². The Morgan fingerprint density at radius 2 is 1.68 bits per heavy atom. The largest absolute Gasteiger partial charge is 0.345 e. The van der Waals surface area contributed by atoms with Gasteiger partial charge in [0, 0.05) is 17.7 Å². The second-order valence-corrected chi connectivity index (χ2v) is 3.56. The minimum atomic E-state index is -0.281. The van der Waals surface area contributed by atoms with Crippen LogP contribution in [0.3, 0.4) is 0 Å². The molecule has 0 bridgehead atoms. The van der Waals surface area contributed by atoms with E-state index < -0.39 is 0 Å². The van der Waals surface area contributed by atoms with Crippen LogP contribution in [-0.4, -0.2) is 5.78 Å². The van der Waals surface area contributed by atoms with Crippen LogP contribution in [0, 0.1) is 34.0 Å². The summed E-state index contributed by atoms with van der Waals surface area (Å²) in [5.41, 5.74) is 0.722. The molecule has 0 fully saturated rings. The zero-order chi connectivity index (χ0) is 14.3. The Balaban J connectivity index is 3.00. The SMILES string of the molecule is CCC(=O)c1ccc(NC(C#N)=C(C#N)C#N)cc1. The summed E-state index contributed by atoms with van der Waals surface area (Å²) in [4.78, 5) is 11.4. The van der Waals surface area contributed by atoms with Gasteiger partial charge in [-0.1, -0.05) is 6.92 Å². The van der Waals surface area contributed by atoms with E-state index >= 15 is 0 Å². The molecule has 0 saturated heterocycles. The van der Waals surface area contributed by atoms with Crippen LogP contribution < -0.4 is 5.32 Å². The van der Waals surface area contributed by atoms with Crippen LogP contribution in [0.5, 0.6) is 0 Å². The maximum Gasteiger partial charge on any atom is 0.163 e. The first-order chi connectivity index (χ1) is 9.15. The van der Waals surface area contributed by atoms with Crippen LogP contribution in [0.2, 0.25) is 0 Å². The molecule has 0 aliphatic heterocycles. The second-order valence-electron chi connectivity index (χ2n) is 3.56. The van der Waals surface area contributed by atoms with Gasteiger partial charge in [-0.2, -0.15) is 15.8 Å². The van der Waals surface area contributed by atoms with E-state index in [9.17, 15) is 4.79 Å². The molecule has 0 heterocycles. The van der Waals surface area contributed by atoms with Crippen LogP contribution >= 0.6 is 0 Å². The second kappa shape index (κ2) is 6.59. The van der Waals surface area contributed by atoms with Gasteiger partial charge in [0.15, 0.2) is 11.4 Å². The van der Waals surface area contributed by atoms with Gasteiger partial charge in [0.05, 0.1) is 0 Å². The third-order valence-electron chi connectivity index (χ3n) is 2.38. The third kappa shape index (κ3) is 3.43. The Morgan fingerprint density at radius 3 is 2.11 bits per heavy atom. The third-order valence-corrected chi connectivity index (χ3v) is 2.38. The van der Waals surface area contributed by atoms with Crippen molar-refractivity contribution in [2.24, 2.45) is 0 Å². The lowest BCUT2D eigenvalue weighted by molar-refractivity contribution is 0.0988. The van der Waals surface area contributed by atoms with Gasteiger partial charge in [-0.3, -0.25) is 4.79 Å². The van der Waals surface area contributed by atoms with E-state index in [1.165, 1.54) is 0 Å². The molecule has 0 aliphatic rings. The topological polar surface area (TPSA) is 100 Å². The van der Waals surface area contributed by atoms with Gasteiger partial charge in [-0.05, 0) is 24.3 Å². The summed E-state index contributed by atoms with van der Waals surface area (Å²) in [6.07, 6.45) is 0.420. The fourth-order valence-corrected chi connectivity index (χ4v) is 1.37. The number of nitrogens with one attached hydrogen (secondary N) is 1. The summed E-state index contributed by atoms with van der Waals surface area (Å²) >= 11 is 0. The van der Waals surface area contributed by atoms with Crippen LogP contribution in [0.25, 0.3) is 0 Å². The average Bonchev–Trinajstić information content (AvgIpc) is 2.47. The van der Waals surface area contributed by atoms with E-state index in [0.717, 1.165) is 0 Å². The first-order valence-electron chi connectivity index (χ1n) is 5.51. The number of hydrogen-bond donors (Lipinski definition) is 1. The van der Waals surface area contributed by atoms with Crippen LogP contribution in [0.15, 0.2) is 35.5 Å². The van der Waals surface area contributed by atoms with Crippen molar-refractivity contribution >= 4 is 11.5 Å². The van der Waals surface area contributed by atoms with Crippen molar-refractivity contribution in [2.45, 2.75) is 13.3 Å².